The van der Waals surface area contributed by atoms with E-state index in [0.29, 0.717) is 18.0 Å². The Morgan fingerprint density at radius 3 is 2.29 bits per heavy atom. The monoisotopic (exact) mass is 260 g/mol. The highest BCUT2D eigenvalue weighted by Gasteiger charge is 2.42. The summed E-state index contributed by atoms with van der Waals surface area (Å²) < 4.78 is 0. The van der Waals surface area contributed by atoms with Gasteiger partial charge in [0, 0.05) is 17.5 Å². The van der Waals surface area contributed by atoms with Crippen molar-refractivity contribution < 1.29 is 4.79 Å². The summed E-state index contributed by atoms with van der Waals surface area (Å²) >= 11 is 0. The topological polar surface area (TPSA) is 55.1 Å². The Hall–Kier alpha value is -0.280. The Balaban J connectivity index is 0.00000144. The third kappa shape index (κ3) is 3.14. The van der Waals surface area contributed by atoms with Crippen molar-refractivity contribution in [3.05, 3.63) is 0 Å². The van der Waals surface area contributed by atoms with Crippen molar-refractivity contribution in [3.8, 4) is 0 Å². The van der Waals surface area contributed by atoms with E-state index in [1.165, 1.54) is 6.42 Å². The Bertz CT molecular complexity index is 253. The molecule has 2 fully saturated rings. The van der Waals surface area contributed by atoms with Crippen molar-refractivity contribution in [1.82, 2.24) is 5.32 Å². The van der Waals surface area contributed by atoms with E-state index in [1.54, 1.807) is 0 Å². The minimum atomic E-state index is -0.0143. The predicted octanol–water partition coefficient (Wildman–Crippen LogP) is 2.37. The number of carbonyl (C=O) groups is 1. The molecule has 0 atom stereocenters. The molecule has 0 bridgehead atoms. The zero-order valence-corrected chi connectivity index (χ0v) is 11.5. The van der Waals surface area contributed by atoms with Crippen LogP contribution in [0.5, 0.6) is 0 Å². The number of hydrogen-bond acceptors (Lipinski definition) is 2. The zero-order valence-electron chi connectivity index (χ0n) is 10.7. The molecule has 0 unspecified atom stereocenters. The SMILES string of the molecule is CCC1(C(=O)NC2CCC(N)CC2)CCC1.Cl. The minimum Gasteiger partial charge on any atom is -0.353 e. The molecule has 0 aromatic carbocycles. The van der Waals surface area contributed by atoms with Gasteiger partial charge in [0.1, 0.15) is 0 Å². The van der Waals surface area contributed by atoms with Gasteiger partial charge in [-0.2, -0.15) is 0 Å². The van der Waals surface area contributed by atoms with Gasteiger partial charge in [0.05, 0.1) is 0 Å². The third-order valence-corrected chi connectivity index (χ3v) is 4.58. The first-order chi connectivity index (χ1) is 7.66. The fourth-order valence-electron chi connectivity index (χ4n) is 2.95. The van der Waals surface area contributed by atoms with Gasteiger partial charge < -0.3 is 11.1 Å². The van der Waals surface area contributed by atoms with Gasteiger partial charge in [0.2, 0.25) is 5.91 Å². The van der Waals surface area contributed by atoms with Gasteiger partial charge in [-0.3, -0.25) is 4.79 Å². The van der Waals surface area contributed by atoms with Crippen molar-refractivity contribution in [3.63, 3.8) is 0 Å². The summed E-state index contributed by atoms with van der Waals surface area (Å²) in [6.45, 7) is 2.13. The molecule has 2 aliphatic carbocycles. The minimum absolute atomic E-state index is 0. The fourth-order valence-corrected chi connectivity index (χ4v) is 2.95. The van der Waals surface area contributed by atoms with E-state index in [1.807, 2.05) is 0 Å². The smallest absolute Gasteiger partial charge is 0.226 e. The maximum atomic E-state index is 12.2. The van der Waals surface area contributed by atoms with E-state index < -0.39 is 0 Å². The second-order valence-corrected chi connectivity index (χ2v) is 5.57. The lowest BCUT2D eigenvalue weighted by Crippen LogP contribution is -2.50. The molecule has 0 heterocycles. The second kappa shape index (κ2) is 6.05. The van der Waals surface area contributed by atoms with E-state index in [9.17, 15) is 4.79 Å². The molecule has 17 heavy (non-hydrogen) atoms. The lowest BCUT2D eigenvalue weighted by Gasteiger charge is -2.41. The van der Waals surface area contributed by atoms with Crippen LogP contribution in [0.25, 0.3) is 0 Å². The number of amides is 1. The molecule has 4 heteroatoms. The highest BCUT2D eigenvalue weighted by atomic mass is 35.5. The summed E-state index contributed by atoms with van der Waals surface area (Å²) in [5.41, 5.74) is 5.85. The van der Waals surface area contributed by atoms with Crippen molar-refractivity contribution in [1.29, 1.82) is 0 Å². The highest BCUT2D eigenvalue weighted by Crippen LogP contribution is 2.44. The van der Waals surface area contributed by atoms with Crippen molar-refractivity contribution in [2.45, 2.75) is 70.4 Å². The van der Waals surface area contributed by atoms with Crippen LogP contribution < -0.4 is 11.1 Å². The van der Waals surface area contributed by atoms with Gasteiger partial charge in [0.15, 0.2) is 0 Å². The highest BCUT2D eigenvalue weighted by molar-refractivity contribution is 5.85. The zero-order chi connectivity index (χ0) is 11.6. The summed E-state index contributed by atoms with van der Waals surface area (Å²) in [7, 11) is 0. The fraction of sp³-hybridized carbons (Fsp3) is 0.923. The number of halogens is 1. The van der Waals surface area contributed by atoms with Gasteiger partial charge in [0.25, 0.3) is 0 Å². The normalized spacial score (nSPS) is 30.9. The average molecular weight is 261 g/mol. The largest absolute Gasteiger partial charge is 0.353 e. The number of nitrogens with two attached hydrogens (primary N) is 1. The van der Waals surface area contributed by atoms with E-state index in [4.69, 9.17) is 5.73 Å². The van der Waals surface area contributed by atoms with Crippen molar-refractivity contribution in [2.24, 2.45) is 11.1 Å². The van der Waals surface area contributed by atoms with E-state index in [2.05, 4.69) is 12.2 Å². The standard InChI is InChI=1S/C13H24N2O.ClH/c1-2-13(8-3-9-13)12(16)15-11-6-4-10(14)5-7-11;/h10-11H,2-9,14H2,1H3,(H,15,16);1H. The summed E-state index contributed by atoms with van der Waals surface area (Å²) in [5.74, 6) is 0.307. The van der Waals surface area contributed by atoms with Crippen LogP contribution in [0.2, 0.25) is 0 Å². The third-order valence-electron chi connectivity index (χ3n) is 4.58. The van der Waals surface area contributed by atoms with Crippen molar-refractivity contribution in [2.75, 3.05) is 0 Å². The Morgan fingerprint density at radius 1 is 1.29 bits per heavy atom. The molecule has 0 saturated heterocycles. The lowest BCUT2D eigenvalue weighted by atomic mass is 9.66. The van der Waals surface area contributed by atoms with E-state index in [0.717, 1.165) is 44.9 Å². The predicted molar refractivity (Wildman–Crippen MR) is 72.2 cm³/mol. The molecule has 2 saturated carbocycles. The van der Waals surface area contributed by atoms with Crippen LogP contribution in [0.1, 0.15) is 58.3 Å². The molecule has 3 N–H and O–H groups in total. The molecule has 3 nitrogen and oxygen atoms in total. The molecule has 0 aromatic rings. The summed E-state index contributed by atoms with van der Waals surface area (Å²) in [4.78, 5) is 12.2. The Kier molecular flexibility index (Phi) is 5.26. The molecule has 0 aliphatic heterocycles. The molecule has 0 radical (unpaired) electrons. The van der Waals surface area contributed by atoms with Crippen molar-refractivity contribution >= 4 is 18.3 Å². The van der Waals surface area contributed by atoms with Crippen LogP contribution in [0.3, 0.4) is 0 Å². The quantitative estimate of drug-likeness (QED) is 0.819. The molecule has 0 spiro atoms. The van der Waals surface area contributed by atoms with Gasteiger partial charge in [-0.05, 0) is 44.9 Å². The second-order valence-electron chi connectivity index (χ2n) is 5.57. The maximum absolute atomic E-state index is 12.2. The molecule has 2 aliphatic rings. The van der Waals surface area contributed by atoms with Crippen LogP contribution in [-0.4, -0.2) is 18.0 Å². The molecule has 100 valence electrons. The summed E-state index contributed by atoms with van der Waals surface area (Å²) in [5, 5.41) is 3.24. The first kappa shape index (κ1) is 14.8. The average Bonchev–Trinajstić information content (AvgIpc) is 2.21. The Morgan fingerprint density at radius 2 is 1.88 bits per heavy atom. The molecular weight excluding hydrogens is 236 g/mol. The summed E-state index contributed by atoms with van der Waals surface area (Å²) in [6.07, 6.45) is 8.62. The number of nitrogens with one attached hydrogen (secondary N) is 1. The van der Waals surface area contributed by atoms with Gasteiger partial charge in [-0.1, -0.05) is 13.3 Å². The first-order valence-corrected chi connectivity index (χ1v) is 6.73. The molecule has 2 rings (SSSR count). The molecule has 0 aromatic heterocycles. The number of rotatable bonds is 3. The van der Waals surface area contributed by atoms with E-state index in [-0.39, 0.29) is 17.8 Å². The van der Waals surface area contributed by atoms with E-state index >= 15 is 0 Å². The van der Waals surface area contributed by atoms with Crippen LogP contribution in [0, 0.1) is 5.41 Å². The lowest BCUT2D eigenvalue weighted by molar-refractivity contribution is -0.137. The van der Waals surface area contributed by atoms with Gasteiger partial charge in [-0.25, -0.2) is 0 Å². The Labute approximate surface area is 110 Å². The summed E-state index contributed by atoms with van der Waals surface area (Å²) in [6, 6.07) is 0.744. The van der Waals surface area contributed by atoms with Gasteiger partial charge >= 0.3 is 0 Å². The van der Waals surface area contributed by atoms with Crippen LogP contribution in [-0.2, 0) is 4.79 Å². The number of hydrogen-bond donors (Lipinski definition) is 2. The van der Waals surface area contributed by atoms with Crippen LogP contribution >= 0.6 is 12.4 Å². The number of carbonyl (C=O) groups excluding carboxylic acids is 1. The van der Waals surface area contributed by atoms with Gasteiger partial charge in [-0.15, -0.1) is 12.4 Å². The molecule has 1 amide bonds. The van der Waals surface area contributed by atoms with Crippen LogP contribution in [0.4, 0.5) is 0 Å². The molecular formula is C13H25ClN2O. The van der Waals surface area contributed by atoms with Crippen LogP contribution in [0.15, 0.2) is 0 Å². The first-order valence-electron chi connectivity index (χ1n) is 6.73. The maximum Gasteiger partial charge on any atom is 0.226 e.